The predicted octanol–water partition coefficient (Wildman–Crippen LogP) is 5.28. The molecule has 0 heterocycles. The summed E-state index contributed by atoms with van der Waals surface area (Å²) in [7, 11) is 0. The van der Waals surface area contributed by atoms with E-state index >= 15 is 0 Å². The second-order valence-electron chi connectivity index (χ2n) is 6.17. The molecule has 0 aliphatic carbocycles. The highest BCUT2D eigenvalue weighted by Gasteiger charge is 2.01. The smallest absolute Gasteiger partial charge is 0.191 e. The van der Waals surface area contributed by atoms with E-state index in [0.717, 1.165) is 11.3 Å². The number of benzene rings is 3. The molecule has 0 amide bonds. The maximum absolute atomic E-state index is 5.30. The van der Waals surface area contributed by atoms with E-state index in [9.17, 15) is 0 Å². The Balaban J connectivity index is 1.62. The van der Waals surface area contributed by atoms with Crippen molar-refractivity contribution >= 4 is 40.0 Å². The van der Waals surface area contributed by atoms with Gasteiger partial charge in [-0.15, -0.1) is 0 Å². The number of nitrogens with zero attached hydrogens (tertiary/aromatic N) is 1. The zero-order valence-electron chi connectivity index (χ0n) is 14.4. The largest absolute Gasteiger partial charge is 0.331 e. The van der Waals surface area contributed by atoms with E-state index in [1.54, 1.807) is 6.21 Å². The topological polar surface area (TPSA) is 36.4 Å². The third-order valence-corrected chi connectivity index (χ3v) is 4.22. The summed E-state index contributed by atoms with van der Waals surface area (Å²) in [6.07, 6.45) is 1.79. The van der Waals surface area contributed by atoms with Crippen molar-refractivity contribution in [1.82, 2.24) is 5.43 Å². The molecule has 0 atom stereocenters. The lowest BCUT2D eigenvalue weighted by Gasteiger charge is -2.09. The standard InChI is InChI=1S/C21H21N3S/c1-15(2)16-10-12-19(13-11-16)23-21(25)24-22-14-18-8-5-7-17-6-3-4-9-20(17)18/h3-15H,1-2H3,(H2,23,24,25)/b22-14-. The molecule has 0 saturated heterocycles. The fourth-order valence-corrected chi connectivity index (χ4v) is 2.80. The Morgan fingerprint density at radius 1 is 0.960 bits per heavy atom. The van der Waals surface area contributed by atoms with Gasteiger partial charge in [-0.3, -0.25) is 5.43 Å². The first-order chi connectivity index (χ1) is 12.1. The van der Waals surface area contributed by atoms with Gasteiger partial charge in [0.1, 0.15) is 0 Å². The number of fused-ring (bicyclic) bond motifs is 1. The molecule has 0 aliphatic rings. The van der Waals surface area contributed by atoms with Crippen molar-refractivity contribution in [3.05, 3.63) is 77.9 Å². The maximum Gasteiger partial charge on any atom is 0.191 e. The fraction of sp³-hybridized carbons (Fsp3) is 0.143. The van der Waals surface area contributed by atoms with Crippen molar-refractivity contribution in [2.24, 2.45) is 5.10 Å². The molecule has 0 aliphatic heterocycles. The van der Waals surface area contributed by atoms with Crippen molar-refractivity contribution in [3.8, 4) is 0 Å². The Hall–Kier alpha value is -2.72. The first-order valence-electron chi connectivity index (χ1n) is 8.31. The van der Waals surface area contributed by atoms with Crippen LogP contribution in [0.15, 0.2) is 71.8 Å². The number of hydrazone groups is 1. The first kappa shape index (κ1) is 17.1. The van der Waals surface area contributed by atoms with Crippen LogP contribution >= 0.6 is 12.2 Å². The lowest BCUT2D eigenvalue weighted by Crippen LogP contribution is -2.23. The van der Waals surface area contributed by atoms with Crippen molar-refractivity contribution in [2.75, 3.05) is 5.32 Å². The molecular formula is C21H21N3S. The minimum atomic E-state index is 0.466. The van der Waals surface area contributed by atoms with E-state index in [0.29, 0.717) is 11.0 Å². The number of hydrogen-bond donors (Lipinski definition) is 2. The summed E-state index contributed by atoms with van der Waals surface area (Å²) in [4.78, 5) is 0. The number of rotatable bonds is 4. The third-order valence-electron chi connectivity index (χ3n) is 4.03. The fourth-order valence-electron chi connectivity index (χ4n) is 2.63. The van der Waals surface area contributed by atoms with Gasteiger partial charge >= 0.3 is 0 Å². The van der Waals surface area contributed by atoms with Crippen LogP contribution in [0.3, 0.4) is 0 Å². The van der Waals surface area contributed by atoms with E-state index < -0.39 is 0 Å². The molecule has 3 rings (SSSR count). The highest BCUT2D eigenvalue weighted by molar-refractivity contribution is 7.80. The summed E-state index contributed by atoms with van der Waals surface area (Å²) < 4.78 is 0. The summed E-state index contributed by atoms with van der Waals surface area (Å²) in [6.45, 7) is 4.35. The van der Waals surface area contributed by atoms with Crippen molar-refractivity contribution in [1.29, 1.82) is 0 Å². The van der Waals surface area contributed by atoms with E-state index in [1.807, 2.05) is 36.4 Å². The van der Waals surface area contributed by atoms with E-state index in [4.69, 9.17) is 12.2 Å². The molecule has 0 saturated carbocycles. The van der Waals surface area contributed by atoms with Gasteiger partial charge in [0.2, 0.25) is 0 Å². The van der Waals surface area contributed by atoms with Gasteiger partial charge in [-0.25, -0.2) is 0 Å². The van der Waals surface area contributed by atoms with Gasteiger partial charge in [0.25, 0.3) is 0 Å². The Kier molecular flexibility index (Phi) is 5.41. The summed E-state index contributed by atoms with van der Waals surface area (Å²) in [6, 6.07) is 22.7. The van der Waals surface area contributed by atoms with Crippen LogP contribution in [0.25, 0.3) is 10.8 Å². The van der Waals surface area contributed by atoms with E-state index in [-0.39, 0.29) is 0 Å². The van der Waals surface area contributed by atoms with Gasteiger partial charge in [0, 0.05) is 11.3 Å². The molecule has 0 unspecified atom stereocenters. The molecule has 3 aromatic rings. The van der Waals surface area contributed by atoms with Gasteiger partial charge in [-0.05, 0) is 46.6 Å². The summed E-state index contributed by atoms with van der Waals surface area (Å²) in [5.41, 5.74) is 6.17. The summed E-state index contributed by atoms with van der Waals surface area (Å²) in [5, 5.41) is 10.2. The van der Waals surface area contributed by atoms with Gasteiger partial charge in [-0.2, -0.15) is 5.10 Å². The molecule has 0 bridgehead atoms. The first-order valence-corrected chi connectivity index (χ1v) is 8.72. The van der Waals surface area contributed by atoms with Crippen LogP contribution in [0, 0.1) is 0 Å². The van der Waals surface area contributed by atoms with Crippen LogP contribution in [0.5, 0.6) is 0 Å². The molecule has 126 valence electrons. The highest BCUT2D eigenvalue weighted by atomic mass is 32.1. The predicted molar refractivity (Wildman–Crippen MR) is 111 cm³/mol. The molecular weight excluding hydrogens is 326 g/mol. The lowest BCUT2D eigenvalue weighted by atomic mass is 10.0. The number of anilines is 1. The molecule has 2 N–H and O–H groups in total. The SMILES string of the molecule is CC(C)c1ccc(NC(=S)N/N=C\c2cccc3ccccc23)cc1. The highest BCUT2D eigenvalue weighted by Crippen LogP contribution is 2.18. The molecule has 3 nitrogen and oxygen atoms in total. The van der Waals surface area contributed by atoms with Gasteiger partial charge in [0.05, 0.1) is 6.21 Å². The minimum absolute atomic E-state index is 0.466. The minimum Gasteiger partial charge on any atom is -0.331 e. The normalized spacial score (nSPS) is 11.2. The van der Waals surface area contributed by atoms with Crippen molar-refractivity contribution < 1.29 is 0 Å². The number of nitrogens with one attached hydrogen (secondary N) is 2. The average Bonchev–Trinajstić information content (AvgIpc) is 2.62. The number of hydrogen-bond acceptors (Lipinski definition) is 2. The molecule has 0 aromatic heterocycles. The zero-order valence-corrected chi connectivity index (χ0v) is 15.2. The van der Waals surface area contributed by atoms with E-state index in [1.165, 1.54) is 16.3 Å². The quantitative estimate of drug-likeness (QED) is 0.383. The maximum atomic E-state index is 5.30. The van der Waals surface area contributed by atoms with E-state index in [2.05, 4.69) is 60.0 Å². The summed E-state index contributed by atoms with van der Waals surface area (Å²) in [5.74, 6) is 0.518. The Bertz CT molecular complexity index is 893. The van der Waals surface area contributed by atoms with Crippen LogP contribution in [0.2, 0.25) is 0 Å². The van der Waals surface area contributed by atoms with Crippen LogP contribution < -0.4 is 10.7 Å². The van der Waals surface area contributed by atoms with Crippen LogP contribution in [-0.4, -0.2) is 11.3 Å². The molecule has 25 heavy (non-hydrogen) atoms. The lowest BCUT2D eigenvalue weighted by molar-refractivity contribution is 0.867. The second kappa shape index (κ2) is 7.90. The van der Waals surface area contributed by atoms with Crippen molar-refractivity contribution in [2.45, 2.75) is 19.8 Å². The molecule has 0 radical (unpaired) electrons. The Morgan fingerprint density at radius 3 is 2.44 bits per heavy atom. The Labute approximate surface area is 153 Å². The third kappa shape index (κ3) is 4.43. The second-order valence-corrected chi connectivity index (χ2v) is 6.58. The monoisotopic (exact) mass is 347 g/mol. The summed E-state index contributed by atoms with van der Waals surface area (Å²) >= 11 is 5.30. The van der Waals surface area contributed by atoms with Crippen molar-refractivity contribution in [3.63, 3.8) is 0 Å². The van der Waals surface area contributed by atoms with Crippen LogP contribution in [0.4, 0.5) is 5.69 Å². The van der Waals surface area contributed by atoms with Crippen LogP contribution in [0.1, 0.15) is 30.9 Å². The van der Waals surface area contributed by atoms with Crippen LogP contribution in [-0.2, 0) is 0 Å². The molecule has 0 spiro atoms. The average molecular weight is 347 g/mol. The van der Waals surface area contributed by atoms with Gasteiger partial charge < -0.3 is 5.32 Å². The zero-order chi connectivity index (χ0) is 17.6. The molecule has 4 heteroatoms. The number of thiocarbonyl (C=S) groups is 1. The Morgan fingerprint density at radius 2 is 1.68 bits per heavy atom. The van der Waals surface area contributed by atoms with Gasteiger partial charge in [-0.1, -0.05) is 68.4 Å². The molecule has 3 aromatic carbocycles. The van der Waals surface area contributed by atoms with Gasteiger partial charge in [0.15, 0.2) is 5.11 Å². The molecule has 0 fully saturated rings.